The molecule has 6 heteroatoms. The number of nitro groups is 1. The third kappa shape index (κ3) is 4.82. The minimum atomic E-state index is -0.460. The molecule has 0 bridgehead atoms. The Morgan fingerprint density at radius 3 is 2.36 bits per heavy atom. The first kappa shape index (κ1) is 15.9. The molecule has 5 nitrogen and oxygen atoms in total. The van der Waals surface area contributed by atoms with Crippen LogP contribution in [0.1, 0.15) is 11.1 Å². The molecule has 0 aliphatic carbocycles. The lowest BCUT2D eigenvalue weighted by atomic mass is 10.2. The number of carbonyl (C=O) groups is 1. The summed E-state index contributed by atoms with van der Waals surface area (Å²) in [5.74, 6) is -0.221. The Morgan fingerprint density at radius 2 is 1.77 bits per heavy atom. The Kier molecular flexibility index (Phi) is 5.43. The second-order valence-corrected chi connectivity index (χ2v) is 5.44. The number of nitrogens with zero attached hydrogens (tertiary/aromatic N) is 1. The van der Waals surface area contributed by atoms with Gasteiger partial charge in [-0.15, -0.1) is 0 Å². The first-order valence-corrected chi connectivity index (χ1v) is 7.29. The standard InChI is InChI=1S/C16H13BrN2O3/c17-14-6-1-13(2-7-14)11-18-16(20)10-5-12-3-8-15(9-4-12)19(21)22/h1-10H,11H2,(H,18,20). The highest BCUT2D eigenvalue weighted by Gasteiger charge is 2.02. The van der Waals surface area contributed by atoms with Crippen LogP contribution in [-0.2, 0) is 11.3 Å². The summed E-state index contributed by atoms with van der Waals surface area (Å²) in [6.07, 6.45) is 3.01. The Morgan fingerprint density at radius 1 is 1.14 bits per heavy atom. The molecule has 2 aromatic carbocycles. The van der Waals surface area contributed by atoms with Crippen molar-refractivity contribution in [3.05, 3.63) is 80.3 Å². The van der Waals surface area contributed by atoms with Gasteiger partial charge in [-0.2, -0.15) is 0 Å². The van der Waals surface area contributed by atoms with E-state index in [9.17, 15) is 14.9 Å². The van der Waals surface area contributed by atoms with Crippen molar-refractivity contribution >= 4 is 33.6 Å². The highest BCUT2D eigenvalue weighted by atomic mass is 79.9. The number of hydrogen-bond acceptors (Lipinski definition) is 3. The van der Waals surface area contributed by atoms with Gasteiger partial charge in [0.05, 0.1) is 4.92 Å². The summed E-state index contributed by atoms with van der Waals surface area (Å²) >= 11 is 3.35. The first-order valence-electron chi connectivity index (χ1n) is 6.49. The minimum absolute atomic E-state index is 0.0249. The van der Waals surface area contributed by atoms with Crippen LogP contribution in [0.4, 0.5) is 5.69 Å². The predicted molar refractivity (Wildman–Crippen MR) is 88.1 cm³/mol. The van der Waals surface area contributed by atoms with Crippen LogP contribution in [-0.4, -0.2) is 10.8 Å². The van der Waals surface area contributed by atoms with Gasteiger partial charge in [-0.05, 0) is 41.5 Å². The lowest BCUT2D eigenvalue weighted by Gasteiger charge is -2.02. The molecule has 0 saturated heterocycles. The number of nitrogens with one attached hydrogen (secondary N) is 1. The summed E-state index contributed by atoms with van der Waals surface area (Å²) in [5.41, 5.74) is 1.75. The number of benzene rings is 2. The zero-order valence-electron chi connectivity index (χ0n) is 11.5. The van der Waals surface area contributed by atoms with Crippen molar-refractivity contribution in [3.8, 4) is 0 Å². The topological polar surface area (TPSA) is 72.2 Å². The molecule has 0 fully saturated rings. The summed E-state index contributed by atoms with van der Waals surface area (Å²) < 4.78 is 0.987. The van der Waals surface area contributed by atoms with E-state index in [2.05, 4.69) is 21.2 Å². The van der Waals surface area contributed by atoms with E-state index in [1.807, 2.05) is 24.3 Å². The Labute approximate surface area is 135 Å². The van der Waals surface area contributed by atoms with Crippen LogP contribution in [0.15, 0.2) is 59.1 Å². The monoisotopic (exact) mass is 360 g/mol. The Balaban J connectivity index is 1.88. The average Bonchev–Trinajstić information content (AvgIpc) is 2.52. The van der Waals surface area contributed by atoms with Gasteiger partial charge >= 0.3 is 0 Å². The molecule has 1 amide bonds. The van der Waals surface area contributed by atoms with Crippen LogP contribution in [0.25, 0.3) is 6.08 Å². The van der Waals surface area contributed by atoms with Gasteiger partial charge in [0.1, 0.15) is 0 Å². The van der Waals surface area contributed by atoms with Gasteiger partial charge in [-0.25, -0.2) is 0 Å². The SMILES string of the molecule is O=C(C=Cc1ccc([N+](=O)[O-])cc1)NCc1ccc(Br)cc1. The maximum Gasteiger partial charge on any atom is 0.269 e. The van der Waals surface area contributed by atoms with E-state index in [1.165, 1.54) is 18.2 Å². The van der Waals surface area contributed by atoms with Crippen molar-refractivity contribution in [2.75, 3.05) is 0 Å². The van der Waals surface area contributed by atoms with Gasteiger partial charge in [-0.1, -0.05) is 28.1 Å². The van der Waals surface area contributed by atoms with Crippen molar-refractivity contribution in [1.82, 2.24) is 5.32 Å². The van der Waals surface area contributed by atoms with Gasteiger partial charge in [0, 0.05) is 29.2 Å². The summed E-state index contributed by atoms with van der Waals surface area (Å²) in [4.78, 5) is 21.8. The van der Waals surface area contributed by atoms with Crippen LogP contribution in [0.5, 0.6) is 0 Å². The summed E-state index contributed by atoms with van der Waals surface area (Å²) in [6, 6.07) is 13.7. The van der Waals surface area contributed by atoms with E-state index >= 15 is 0 Å². The Bertz CT molecular complexity index is 694. The molecule has 22 heavy (non-hydrogen) atoms. The van der Waals surface area contributed by atoms with Crippen LogP contribution in [0.2, 0.25) is 0 Å². The lowest BCUT2D eigenvalue weighted by molar-refractivity contribution is -0.384. The summed E-state index contributed by atoms with van der Waals surface area (Å²) in [7, 11) is 0. The highest BCUT2D eigenvalue weighted by molar-refractivity contribution is 9.10. The van der Waals surface area contributed by atoms with E-state index < -0.39 is 4.92 Å². The maximum atomic E-state index is 11.7. The third-order valence-corrected chi connectivity index (χ3v) is 3.44. The molecular weight excluding hydrogens is 348 g/mol. The fraction of sp³-hybridized carbons (Fsp3) is 0.0625. The van der Waals surface area contributed by atoms with Gasteiger partial charge in [0.2, 0.25) is 5.91 Å². The number of rotatable bonds is 5. The normalized spacial score (nSPS) is 10.6. The smallest absolute Gasteiger partial charge is 0.269 e. The quantitative estimate of drug-likeness (QED) is 0.502. The fourth-order valence-corrected chi connectivity index (χ4v) is 1.99. The third-order valence-electron chi connectivity index (χ3n) is 2.91. The Hall–Kier alpha value is -2.47. The largest absolute Gasteiger partial charge is 0.348 e. The molecule has 0 aromatic heterocycles. The first-order chi connectivity index (χ1) is 10.5. The van der Waals surface area contributed by atoms with Crippen LogP contribution in [0, 0.1) is 10.1 Å². The molecule has 1 N–H and O–H groups in total. The van der Waals surface area contributed by atoms with Gasteiger partial charge in [-0.3, -0.25) is 14.9 Å². The van der Waals surface area contributed by atoms with Crippen molar-refractivity contribution in [1.29, 1.82) is 0 Å². The molecule has 0 aliphatic rings. The van der Waals surface area contributed by atoms with E-state index in [-0.39, 0.29) is 11.6 Å². The number of amides is 1. The van der Waals surface area contributed by atoms with Crippen molar-refractivity contribution < 1.29 is 9.72 Å². The second-order valence-electron chi connectivity index (χ2n) is 4.53. The van der Waals surface area contributed by atoms with E-state index in [4.69, 9.17) is 0 Å². The lowest BCUT2D eigenvalue weighted by Crippen LogP contribution is -2.20. The van der Waals surface area contributed by atoms with Crippen molar-refractivity contribution in [2.45, 2.75) is 6.54 Å². The molecule has 0 unspecified atom stereocenters. The predicted octanol–water partition coefficient (Wildman–Crippen LogP) is 3.69. The van der Waals surface area contributed by atoms with E-state index in [0.29, 0.717) is 6.54 Å². The molecule has 0 heterocycles. The molecule has 0 aliphatic heterocycles. The number of carbonyl (C=O) groups excluding carboxylic acids is 1. The molecular formula is C16H13BrN2O3. The second kappa shape index (κ2) is 7.51. The molecule has 0 saturated carbocycles. The highest BCUT2D eigenvalue weighted by Crippen LogP contribution is 2.13. The van der Waals surface area contributed by atoms with Crippen LogP contribution < -0.4 is 5.32 Å². The number of hydrogen-bond donors (Lipinski definition) is 1. The molecule has 0 spiro atoms. The summed E-state index contributed by atoms with van der Waals surface area (Å²) in [5, 5.41) is 13.3. The van der Waals surface area contributed by atoms with E-state index in [0.717, 1.165) is 15.6 Å². The number of halogens is 1. The minimum Gasteiger partial charge on any atom is -0.348 e. The number of non-ortho nitro benzene ring substituents is 1. The molecule has 0 atom stereocenters. The van der Waals surface area contributed by atoms with Gasteiger partial charge in [0.25, 0.3) is 5.69 Å². The van der Waals surface area contributed by atoms with Crippen molar-refractivity contribution in [3.63, 3.8) is 0 Å². The van der Waals surface area contributed by atoms with Crippen LogP contribution >= 0.6 is 15.9 Å². The average molecular weight is 361 g/mol. The van der Waals surface area contributed by atoms with Crippen LogP contribution in [0.3, 0.4) is 0 Å². The zero-order valence-corrected chi connectivity index (χ0v) is 13.1. The maximum absolute atomic E-state index is 11.7. The molecule has 0 radical (unpaired) electrons. The summed E-state index contributed by atoms with van der Waals surface area (Å²) in [6.45, 7) is 0.441. The van der Waals surface area contributed by atoms with Gasteiger partial charge in [0.15, 0.2) is 0 Å². The molecule has 2 rings (SSSR count). The van der Waals surface area contributed by atoms with E-state index in [1.54, 1.807) is 18.2 Å². The number of nitro benzene ring substituents is 1. The fourth-order valence-electron chi connectivity index (χ4n) is 1.73. The molecule has 2 aromatic rings. The zero-order chi connectivity index (χ0) is 15.9. The molecule has 112 valence electrons. The van der Waals surface area contributed by atoms with Gasteiger partial charge < -0.3 is 5.32 Å². The van der Waals surface area contributed by atoms with Crippen molar-refractivity contribution in [2.24, 2.45) is 0 Å².